The van der Waals surface area contributed by atoms with Gasteiger partial charge in [-0.2, -0.15) is 0 Å². The maximum Gasteiger partial charge on any atom is 0.225 e. The highest BCUT2D eigenvalue weighted by molar-refractivity contribution is 5.91. The quantitative estimate of drug-likeness (QED) is 0.876. The fourth-order valence-electron chi connectivity index (χ4n) is 1.77. The summed E-state index contributed by atoms with van der Waals surface area (Å²) in [5.74, 6) is 0.720. The third-order valence-electron chi connectivity index (χ3n) is 2.82. The molecule has 0 aliphatic heterocycles. The molecule has 1 amide bonds. The van der Waals surface area contributed by atoms with E-state index < -0.39 is 0 Å². The number of carbonyl (C=O) groups excluding carboxylic acids is 1. The molecule has 0 unspecified atom stereocenters. The van der Waals surface area contributed by atoms with Crippen molar-refractivity contribution >= 4 is 11.7 Å². The highest BCUT2D eigenvalue weighted by atomic mass is 16.5. The second-order valence-electron chi connectivity index (χ2n) is 4.27. The fourth-order valence-corrected chi connectivity index (χ4v) is 1.77. The number of hydrogen-bond acceptors (Lipinski definition) is 4. The van der Waals surface area contributed by atoms with Gasteiger partial charge in [0.2, 0.25) is 5.91 Å². The molecule has 0 spiro atoms. The summed E-state index contributed by atoms with van der Waals surface area (Å²) < 4.78 is 5.13. The third kappa shape index (κ3) is 3.71. The van der Waals surface area contributed by atoms with Crippen LogP contribution < -0.4 is 10.1 Å². The average molecular weight is 272 g/mol. The Morgan fingerprint density at radius 1 is 1.35 bits per heavy atom. The number of nitrogens with one attached hydrogen (secondary N) is 1. The summed E-state index contributed by atoms with van der Waals surface area (Å²) in [7, 11) is 1.61. The normalized spacial score (nSPS) is 10.1. The van der Waals surface area contributed by atoms with Gasteiger partial charge in [-0.05, 0) is 36.2 Å². The third-order valence-corrected chi connectivity index (χ3v) is 2.82. The van der Waals surface area contributed by atoms with Crippen LogP contribution in [0.4, 0.5) is 5.82 Å². The molecule has 1 heterocycles. The van der Waals surface area contributed by atoms with Gasteiger partial charge in [0, 0.05) is 12.6 Å². The number of carbonyl (C=O) groups is 1. The fraction of sp³-hybridized carbons (Fsp3) is 0.200. The number of amides is 1. The Labute approximate surface area is 117 Å². The first-order valence-corrected chi connectivity index (χ1v) is 6.26. The Kier molecular flexibility index (Phi) is 4.55. The van der Waals surface area contributed by atoms with Crippen LogP contribution in [0, 0.1) is 0 Å². The number of nitrogens with zero attached hydrogens (tertiary/aromatic N) is 1. The first kappa shape index (κ1) is 13.9. The van der Waals surface area contributed by atoms with Crippen LogP contribution in [0.5, 0.6) is 11.5 Å². The van der Waals surface area contributed by atoms with E-state index in [1.54, 1.807) is 13.2 Å². The molecule has 0 bridgehead atoms. The SMILES string of the molecule is COc1cccc(CCC(=O)Nc2ncccc2O)c1. The van der Waals surface area contributed by atoms with Crippen molar-refractivity contribution in [1.29, 1.82) is 0 Å². The van der Waals surface area contributed by atoms with Crippen LogP contribution >= 0.6 is 0 Å². The molecule has 0 fully saturated rings. The lowest BCUT2D eigenvalue weighted by atomic mass is 10.1. The van der Waals surface area contributed by atoms with Crippen molar-refractivity contribution in [1.82, 2.24) is 4.98 Å². The van der Waals surface area contributed by atoms with E-state index in [1.165, 1.54) is 12.3 Å². The highest BCUT2D eigenvalue weighted by Gasteiger charge is 2.07. The molecule has 5 nitrogen and oxygen atoms in total. The predicted octanol–water partition coefficient (Wildman–Crippen LogP) is 2.37. The van der Waals surface area contributed by atoms with E-state index in [2.05, 4.69) is 10.3 Å². The maximum atomic E-state index is 11.8. The number of aromatic nitrogens is 1. The van der Waals surface area contributed by atoms with Crippen molar-refractivity contribution in [2.24, 2.45) is 0 Å². The van der Waals surface area contributed by atoms with Crippen molar-refractivity contribution in [3.05, 3.63) is 48.2 Å². The maximum absolute atomic E-state index is 11.8. The average Bonchev–Trinajstić information content (AvgIpc) is 2.48. The Bertz CT molecular complexity index is 599. The van der Waals surface area contributed by atoms with Gasteiger partial charge in [0.05, 0.1) is 7.11 Å². The lowest BCUT2D eigenvalue weighted by molar-refractivity contribution is -0.116. The second-order valence-corrected chi connectivity index (χ2v) is 4.27. The lowest BCUT2D eigenvalue weighted by Gasteiger charge is -2.06. The van der Waals surface area contributed by atoms with Gasteiger partial charge in [0.1, 0.15) is 5.75 Å². The number of pyridine rings is 1. The molecule has 0 aliphatic carbocycles. The molecule has 1 aromatic carbocycles. The van der Waals surface area contributed by atoms with Crippen LogP contribution in [0.1, 0.15) is 12.0 Å². The van der Waals surface area contributed by atoms with Crippen molar-refractivity contribution < 1.29 is 14.6 Å². The minimum Gasteiger partial charge on any atom is -0.504 e. The van der Waals surface area contributed by atoms with E-state index in [-0.39, 0.29) is 17.5 Å². The molecule has 0 aliphatic rings. The monoisotopic (exact) mass is 272 g/mol. The van der Waals surface area contributed by atoms with Gasteiger partial charge in [0.15, 0.2) is 11.6 Å². The molecule has 2 aromatic rings. The minimum atomic E-state index is -0.193. The molecular weight excluding hydrogens is 256 g/mol. The van der Waals surface area contributed by atoms with Crippen LogP contribution in [-0.2, 0) is 11.2 Å². The minimum absolute atomic E-state index is 0.0396. The Balaban J connectivity index is 1.90. The topological polar surface area (TPSA) is 71.5 Å². The molecule has 2 N–H and O–H groups in total. The zero-order valence-electron chi connectivity index (χ0n) is 11.2. The summed E-state index contributed by atoms with van der Waals surface area (Å²) in [5.41, 5.74) is 1.02. The first-order chi connectivity index (χ1) is 9.69. The summed E-state index contributed by atoms with van der Waals surface area (Å²) in [5, 5.41) is 12.1. The second kappa shape index (κ2) is 6.56. The van der Waals surface area contributed by atoms with Crippen LogP contribution in [-0.4, -0.2) is 23.1 Å². The number of aryl methyl sites for hydroxylation is 1. The zero-order chi connectivity index (χ0) is 14.4. The summed E-state index contributed by atoms with van der Waals surface area (Å²) in [4.78, 5) is 15.7. The van der Waals surface area contributed by atoms with Gasteiger partial charge in [-0.3, -0.25) is 4.79 Å². The predicted molar refractivity (Wildman–Crippen MR) is 75.8 cm³/mol. The van der Waals surface area contributed by atoms with E-state index >= 15 is 0 Å². The Hall–Kier alpha value is -2.56. The van der Waals surface area contributed by atoms with Crippen LogP contribution in [0.2, 0.25) is 0 Å². The van der Waals surface area contributed by atoms with Gasteiger partial charge in [-0.1, -0.05) is 12.1 Å². The van der Waals surface area contributed by atoms with E-state index in [0.29, 0.717) is 12.8 Å². The summed E-state index contributed by atoms with van der Waals surface area (Å²) in [6, 6.07) is 10.7. The summed E-state index contributed by atoms with van der Waals surface area (Å²) in [6.07, 6.45) is 2.41. The Morgan fingerprint density at radius 2 is 2.20 bits per heavy atom. The Morgan fingerprint density at radius 3 is 2.95 bits per heavy atom. The van der Waals surface area contributed by atoms with Crippen molar-refractivity contribution in [3.63, 3.8) is 0 Å². The molecule has 5 heteroatoms. The number of hydrogen-bond donors (Lipinski definition) is 2. The molecular formula is C15H16N2O3. The lowest BCUT2D eigenvalue weighted by Crippen LogP contribution is -2.13. The molecule has 2 rings (SSSR count). The van der Waals surface area contributed by atoms with Gasteiger partial charge in [-0.25, -0.2) is 4.98 Å². The van der Waals surface area contributed by atoms with E-state index in [9.17, 15) is 9.90 Å². The zero-order valence-corrected chi connectivity index (χ0v) is 11.2. The van der Waals surface area contributed by atoms with Gasteiger partial charge in [0.25, 0.3) is 0 Å². The number of benzene rings is 1. The number of rotatable bonds is 5. The molecule has 0 saturated heterocycles. The molecule has 0 atom stereocenters. The summed E-state index contributed by atoms with van der Waals surface area (Å²) in [6.45, 7) is 0. The molecule has 0 radical (unpaired) electrons. The van der Waals surface area contributed by atoms with E-state index in [0.717, 1.165) is 11.3 Å². The van der Waals surface area contributed by atoms with Gasteiger partial charge >= 0.3 is 0 Å². The van der Waals surface area contributed by atoms with Gasteiger partial charge < -0.3 is 15.2 Å². The number of ether oxygens (including phenoxy) is 1. The molecule has 1 aromatic heterocycles. The van der Waals surface area contributed by atoms with Gasteiger partial charge in [-0.15, -0.1) is 0 Å². The number of aromatic hydroxyl groups is 1. The van der Waals surface area contributed by atoms with E-state index in [4.69, 9.17) is 4.74 Å². The van der Waals surface area contributed by atoms with Crippen molar-refractivity contribution in [3.8, 4) is 11.5 Å². The standard InChI is InChI=1S/C15H16N2O3/c1-20-12-5-2-4-11(10-12)7-8-14(19)17-15-13(18)6-3-9-16-15/h2-6,9-10,18H,7-8H2,1H3,(H,16,17,19). The van der Waals surface area contributed by atoms with Crippen LogP contribution in [0.3, 0.4) is 0 Å². The molecule has 104 valence electrons. The number of methoxy groups -OCH3 is 1. The largest absolute Gasteiger partial charge is 0.504 e. The van der Waals surface area contributed by atoms with Crippen LogP contribution in [0.15, 0.2) is 42.6 Å². The molecule has 0 saturated carbocycles. The van der Waals surface area contributed by atoms with E-state index in [1.807, 2.05) is 24.3 Å². The smallest absolute Gasteiger partial charge is 0.225 e. The molecule has 20 heavy (non-hydrogen) atoms. The summed E-state index contributed by atoms with van der Waals surface area (Å²) >= 11 is 0. The van der Waals surface area contributed by atoms with Crippen molar-refractivity contribution in [2.75, 3.05) is 12.4 Å². The van der Waals surface area contributed by atoms with Crippen molar-refractivity contribution in [2.45, 2.75) is 12.8 Å². The van der Waals surface area contributed by atoms with Crippen LogP contribution in [0.25, 0.3) is 0 Å². The highest BCUT2D eigenvalue weighted by Crippen LogP contribution is 2.19. The first-order valence-electron chi connectivity index (χ1n) is 6.26. The number of anilines is 1.